The van der Waals surface area contributed by atoms with Gasteiger partial charge in [0.25, 0.3) is 0 Å². The van der Waals surface area contributed by atoms with Crippen molar-refractivity contribution in [2.24, 2.45) is 14.1 Å². The Labute approximate surface area is 141 Å². The van der Waals surface area contributed by atoms with Crippen LogP contribution in [0.25, 0.3) is 21.8 Å². The Morgan fingerprint density at radius 2 is 1.05 bits per heavy atom. The van der Waals surface area contributed by atoms with Gasteiger partial charge in [-0.15, -0.1) is 0 Å². The molecule has 2 aromatic carbocycles. The molecule has 110 valence electrons. The predicted molar refractivity (Wildman–Crippen MR) is 96.6 cm³/mol. The third-order valence-electron chi connectivity index (χ3n) is 4.03. The molecule has 2 heterocycles. The van der Waals surface area contributed by atoms with Gasteiger partial charge >= 0.3 is 141 Å². The summed E-state index contributed by atoms with van der Waals surface area (Å²) in [5, 5.41) is 2.71. The summed E-state index contributed by atoms with van der Waals surface area (Å²) in [5.41, 5.74) is 2.68. The first-order valence-corrected chi connectivity index (χ1v) is 13.2. The Bertz CT molecular complexity index is 886. The molecule has 0 bridgehead atoms. The fourth-order valence-electron chi connectivity index (χ4n) is 2.77. The number of fused-ring (bicyclic) bond motifs is 2. The van der Waals surface area contributed by atoms with Crippen molar-refractivity contribution < 1.29 is 0 Å². The molecule has 4 aromatic rings. The molecular weight excluding hydrogens is 402 g/mol. The third-order valence-corrected chi connectivity index (χ3v) is 11.2. The van der Waals surface area contributed by atoms with E-state index in [0.717, 1.165) is 0 Å². The zero-order valence-corrected chi connectivity index (χ0v) is 15.9. The fourth-order valence-corrected chi connectivity index (χ4v) is 10.1. The standard InChI is InChI=1S/C18H16N2Se2/c1-19-15-9-5-3-7-13(15)11-17(19)21-22-18-12-14-8-4-6-10-16(14)20(18)2/h3-12H,1-2H3. The molecule has 0 unspecified atom stereocenters. The van der Waals surface area contributed by atoms with E-state index >= 15 is 0 Å². The molecule has 0 amide bonds. The minimum atomic E-state index is 0.503. The van der Waals surface area contributed by atoms with Gasteiger partial charge in [0, 0.05) is 0 Å². The van der Waals surface area contributed by atoms with E-state index in [1.807, 2.05) is 0 Å². The number of hydrogen-bond donors (Lipinski definition) is 0. The summed E-state index contributed by atoms with van der Waals surface area (Å²) in [5.74, 6) is 0. The van der Waals surface area contributed by atoms with E-state index in [0.29, 0.717) is 26.3 Å². The Kier molecular flexibility index (Phi) is 3.63. The molecule has 0 saturated heterocycles. The zero-order chi connectivity index (χ0) is 15.1. The van der Waals surface area contributed by atoms with E-state index in [-0.39, 0.29) is 0 Å². The number of para-hydroxylation sites is 2. The van der Waals surface area contributed by atoms with Crippen LogP contribution in [-0.2, 0) is 14.1 Å². The first-order valence-electron chi connectivity index (χ1n) is 7.17. The van der Waals surface area contributed by atoms with Crippen LogP contribution in [0.15, 0.2) is 60.7 Å². The molecule has 4 heteroatoms. The Hall–Kier alpha value is -1.44. The van der Waals surface area contributed by atoms with Gasteiger partial charge in [-0.1, -0.05) is 0 Å². The second-order valence-electron chi connectivity index (χ2n) is 5.37. The number of rotatable bonds is 3. The molecular formula is C18H16N2Se2. The number of aryl methyl sites for hydroxylation is 2. The Morgan fingerprint density at radius 1 is 0.636 bits per heavy atom. The summed E-state index contributed by atoms with van der Waals surface area (Å²) in [4.78, 5) is 0. The first-order chi connectivity index (χ1) is 10.7. The van der Waals surface area contributed by atoms with Crippen molar-refractivity contribution in [1.82, 2.24) is 9.13 Å². The van der Waals surface area contributed by atoms with E-state index in [1.54, 1.807) is 0 Å². The van der Waals surface area contributed by atoms with Gasteiger partial charge in [-0.2, -0.15) is 0 Å². The Morgan fingerprint density at radius 3 is 1.45 bits per heavy atom. The van der Waals surface area contributed by atoms with Crippen LogP contribution in [0.2, 0.25) is 0 Å². The average molecular weight is 418 g/mol. The molecule has 0 fully saturated rings. The van der Waals surface area contributed by atoms with Gasteiger partial charge in [-0.05, 0) is 0 Å². The third kappa shape index (κ3) is 2.33. The van der Waals surface area contributed by atoms with Gasteiger partial charge in [0.2, 0.25) is 0 Å². The van der Waals surface area contributed by atoms with E-state index in [1.165, 1.54) is 31.0 Å². The van der Waals surface area contributed by atoms with Crippen LogP contribution in [0.1, 0.15) is 0 Å². The number of aromatic nitrogens is 2. The van der Waals surface area contributed by atoms with Gasteiger partial charge in [-0.3, -0.25) is 0 Å². The van der Waals surface area contributed by atoms with Crippen molar-refractivity contribution in [3.05, 3.63) is 60.7 Å². The van der Waals surface area contributed by atoms with Crippen LogP contribution in [0.3, 0.4) is 0 Å². The van der Waals surface area contributed by atoms with Crippen LogP contribution in [0, 0.1) is 0 Å². The monoisotopic (exact) mass is 420 g/mol. The SMILES string of the molecule is Cn1c([Se][Se]c2cc3ccccc3n2C)cc2ccccc21. The van der Waals surface area contributed by atoms with Crippen LogP contribution in [0.5, 0.6) is 0 Å². The van der Waals surface area contributed by atoms with Gasteiger partial charge < -0.3 is 0 Å². The van der Waals surface area contributed by atoms with Crippen LogP contribution in [0.4, 0.5) is 0 Å². The minimum absolute atomic E-state index is 0.503. The quantitative estimate of drug-likeness (QED) is 0.451. The summed E-state index contributed by atoms with van der Waals surface area (Å²) >= 11 is 1.01. The molecule has 0 aliphatic heterocycles. The second kappa shape index (κ2) is 5.64. The molecule has 4 rings (SSSR count). The second-order valence-corrected chi connectivity index (χ2v) is 11.5. The fraction of sp³-hybridized carbons (Fsp3) is 0.111. The van der Waals surface area contributed by atoms with Gasteiger partial charge in [-0.25, -0.2) is 0 Å². The molecule has 0 N–H and O–H groups in total. The average Bonchev–Trinajstić information content (AvgIpc) is 3.04. The van der Waals surface area contributed by atoms with Crippen LogP contribution in [-0.4, -0.2) is 35.4 Å². The molecule has 0 spiro atoms. The van der Waals surface area contributed by atoms with Gasteiger partial charge in [0.1, 0.15) is 0 Å². The van der Waals surface area contributed by atoms with Crippen molar-refractivity contribution in [1.29, 1.82) is 0 Å². The van der Waals surface area contributed by atoms with Crippen molar-refractivity contribution in [2.75, 3.05) is 0 Å². The molecule has 0 aliphatic carbocycles. The topological polar surface area (TPSA) is 9.86 Å². The summed E-state index contributed by atoms with van der Waals surface area (Å²) in [7, 11) is 4.38. The van der Waals surface area contributed by atoms with Crippen LogP contribution >= 0.6 is 0 Å². The molecule has 0 radical (unpaired) electrons. The molecule has 0 aliphatic rings. The summed E-state index contributed by atoms with van der Waals surface area (Å²) in [6, 6.07) is 22.0. The van der Waals surface area contributed by atoms with Gasteiger partial charge in [0.15, 0.2) is 0 Å². The van der Waals surface area contributed by atoms with E-state index in [9.17, 15) is 0 Å². The normalized spacial score (nSPS) is 11.5. The summed E-state index contributed by atoms with van der Waals surface area (Å²) < 4.78 is 7.69. The zero-order valence-electron chi connectivity index (χ0n) is 12.5. The van der Waals surface area contributed by atoms with Crippen LogP contribution < -0.4 is 9.18 Å². The first kappa shape index (κ1) is 14.2. The maximum atomic E-state index is 2.36. The van der Waals surface area contributed by atoms with E-state index in [4.69, 9.17) is 0 Å². The van der Waals surface area contributed by atoms with Crippen molar-refractivity contribution in [3.63, 3.8) is 0 Å². The maximum absolute atomic E-state index is 2.36. The predicted octanol–water partition coefficient (Wildman–Crippen LogP) is 1.94. The Balaban J connectivity index is 1.65. The van der Waals surface area contributed by atoms with Crippen molar-refractivity contribution in [2.45, 2.75) is 0 Å². The summed E-state index contributed by atoms with van der Waals surface area (Å²) in [6.45, 7) is 0. The molecule has 22 heavy (non-hydrogen) atoms. The van der Waals surface area contributed by atoms with Crippen molar-refractivity contribution in [3.8, 4) is 0 Å². The van der Waals surface area contributed by atoms with Gasteiger partial charge in [0.05, 0.1) is 0 Å². The number of nitrogens with zero attached hydrogens (tertiary/aromatic N) is 2. The number of benzene rings is 2. The van der Waals surface area contributed by atoms with E-state index < -0.39 is 0 Å². The molecule has 2 aromatic heterocycles. The molecule has 2 nitrogen and oxygen atoms in total. The number of hydrogen-bond acceptors (Lipinski definition) is 0. The van der Waals surface area contributed by atoms with E-state index in [2.05, 4.69) is 83.9 Å². The summed E-state index contributed by atoms with van der Waals surface area (Å²) in [6.07, 6.45) is 0. The molecule has 0 saturated carbocycles. The molecule has 0 atom stereocenters. The van der Waals surface area contributed by atoms with Crippen molar-refractivity contribution >= 4 is 57.3 Å².